The van der Waals surface area contributed by atoms with Gasteiger partial charge in [0.15, 0.2) is 0 Å². The lowest BCUT2D eigenvalue weighted by Crippen LogP contribution is -2.45. The number of nitrogens with zero attached hydrogens (tertiary/aromatic N) is 3. The zero-order valence-corrected chi connectivity index (χ0v) is 31.0. The van der Waals surface area contributed by atoms with Crippen LogP contribution in [0.3, 0.4) is 0 Å². The van der Waals surface area contributed by atoms with E-state index in [9.17, 15) is 3.89 Å². The molecule has 0 amide bonds. The number of fused-ring (bicyclic) bond motifs is 3. The monoisotopic (exact) mass is 649 g/mol. The second-order valence-electron chi connectivity index (χ2n) is 15.1. The molecule has 3 aromatic carbocycles. The number of halogens is 1. The van der Waals surface area contributed by atoms with Crippen LogP contribution in [0, 0.1) is 16.7 Å². The maximum Gasteiger partial charge on any atom is 0.0979 e. The molecular formula is C42H52FN3S. The molecule has 3 nitrogen and oxygen atoms in total. The quantitative estimate of drug-likeness (QED) is 0.235. The molecule has 2 aliphatic rings. The molecule has 0 radical (unpaired) electrons. The SMILES string of the molecule is C=N/C(=C\C(=NC)C(C)(C)C)C(C)(C)C.CCC1(c2ccccc2)c2ccccc2-c2cc3c(cc2SF)C(/C=C\C(C)C)=NC31C. The standard InChI is InChI=1S/C29H28FNS.C13H24N2/c1-5-29(20-11-7-6-8-12-20)24-14-10-9-13-21(24)22-17-25-23(18-27(22)32-30)26(16-15-19(2)3)31-28(25,29)4;1-12(2,3)10(14-7)9-11(15-8)13(4,5)6/h6-19H,5H2,1-4H3;9H,7H2,1-6,8H3/b16-15-;10-9-,15-11?. The van der Waals surface area contributed by atoms with Crippen molar-refractivity contribution in [1.82, 2.24) is 0 Å². The van der Waals surface area contributed by atoms with E-state index in [1.54, 1.807) is 0 Å². The van der Waals surface area contributed by atoms with Crippen molar-refractivity contribution in [2.45, 2.75) is 91.5 Å². The number of aliphatic imine (C=N–C) groups is 3. The summed E-state index contributed by atoms with van der Waals surface area (Å²) in [5, 5.41) is 0. The predicted octanol–water partition coefficient (Wildman–Crippen LogP) is 12.0. The molecule has 5 heteroatoms. The summed E-state index contributed by atoms with van der Waals surface area (Å²) in [7, 11) is 1.82. The van der Waals surface area contributed by atoms with Crippen LogP contribution in [-0.4, -0.2) is 25.2 Å². The first kappa shape index (κ1) is 36.3. The molecule has 5 rings (SSSR count). The maximum atomic E-state index is 14.3. The Morgan fingerprint density at radius 3 is 2.09 bits per heavy atom. The molecule has 0 spiro atoms. The van der Waals surface area contributed by atoms with Gasteiger partial charge in [0.05, 0.1) is 23.4 Å². The minimum Gasteiger partial charge on any atom is -0.292 e. The molecule has 2 unspecified atom stereocenters. The number of allylic oxidation sites excluding steroid dienone is 4. The Kier molecular flexibility index (Phi) is 10.7. The summed E-state index contributed by atoms with van der Waals surface area (Å²) in [6.07, 6.45) is 7.23. The summed E-state index contributed by atoms with van der Waals surface area (Å²) < 4.78 is 14.3. The first-order chi connectivity index (χ1) is 22.1. The van der Waals surface area contributed by atoms with Gasteiger partial charge >= 0.3 is 0 Å². The van der Waals surface area contributed by atoms with E-state index in [0.717, 1.165) is 40.2 Å². The van der Waals surface area contributed by atoms with Crippen LogP contribution in [0.5, 0.6) is 0 Å². The Morgan fingerprint density at radius 1 is 0.915 bits per heavy atom. The molecule has 3 aromatic rings. The zero-order valence-electron chi connectivity index (χ0n) is 30.2. The number of hydrogen-bond acceptors (Lipinski definition) is 4. The fourth-order valence-corrected chi connectivity index (χ4v) is 7.48. The highest BCUT2D eigenvalue weighted by Gasteiger charge is 2.56. The zero-order chi connectivity index (χ0) is 34.8. The lowest BCUT2D eigenvalue weighted by Gasteiger charge is -2.46. The van der Waals surface area contributed by atoms with Crippen molar-refractivity contribution in [2.75, 3.05) is 7.05 Å². The molecule has 1 heterocycles. The van der Waals surface area contributed by atoms with E-state index in [0.29, 0.717) is 23.0 Å². The van der Waals surface area contributed by atoms with Gasteiger partial charge in [0, 0.05) is 45.2 Å². The van der Waals surface area contributed by atoms with E-state index < -0.39 is 5.54 Å². The lowest BCUT2D eigenvalue weighted by molar-refractivity contribution is 0.287. The van der Waals surface area contributed by atoms with Gasteiger partial charge in [-0.05, 0) is 78.1 Å². The highest BCUT2D eigenvalue weighted by Crippen LogP contribution is 2.60. The predicted molar refractivity (Wildman–Crippen MR) is 204 cm³/mol. The van der Waals surface area contributed by atoms with E-state index >= 15 is 0 Å². The second-order valence-corrected chi connectivity index (χ2v) is 15.7. The molecule has 1 aliphatic carbocycles. The molecule has 47 heavy (non-hydrogen) atoms. The van der Waals surface area contributed by atoms with Gasteiger partial charge in [0.2, 0.25) is 0 Å². The van der Waals surface area contributed by atoms with Crippen molar-refractivity contribution < 1.29 is 3.89 Å². The van der Waals surface area contributed by atoms with Crippen LogP contribution in [0.15, 0.2) is 111 Å². The Labute approximate surface area is 287 Å². The Hall–Kier alpha value is -3.57. The van der Waals surface area contributed by atoms with Crippen LogP contribution < -0.4 is 0 Å². The Bertz CT molecular complexity index is 1730. The third-order valence-electron chi connectivity index (χ3n) is 9.51. The van der Waals surface area contributed by atoms with E-state index in [4.69, 9.17) is 4.99 Å². The molecule has 0 saturated heterocycles. The van der Waals surface area contributed by atoms with Crippen LogP contribution in [0.1, 0.15) is 97.9 Å². The average molecular weight is 650 g/mol. The smallest absolute Gasteiger partial charge is 0.0979 e. The molecule has 0 fully saturated rings. The second kappa shape index (κ2) is 13.9. The van der Waals surface area contributed by atoms with Gasteiger partial charge in [0.1, 0.15) is 0 Å². The minimum atomic E-state index is -0.504. The van der Waals surface area contributed by atoms with Crippen LogP contribution in [0.25, 0.3) is 11.1 Å². The third-order valence-corrected chi connectivity index (χ3v) is 10.0. The first-order valence-electron chi connectivity index (χ1n) is 16.7. The summed E-state index contributed by atoms with van der Waals surface area (Å²) in [4.78, 5) is 14.5. The van der Waals surface area contributed by atoms with Crippen molar-refractivity contribution in [3.05, 3.63) is 113 Å². The molecule has 0 N–H and O–H groups in total. The largest absolute Gasteiger partial charge is 0.292 e. The molecule has 0 saturated carbocycles. The summed E-state index contributed by atoms with van der Waals surface area (Å²) >= 11 is 0.333. The number of rotatable bonds is 7. The third kappa shape index (κ3) is 6.74. The summed E-state index contributed by atoms with van der Waals surface area (Å²) in [5.74, 6) is 0.418. The Balaban J connectivity index is 0.000000284. The van der Waals surface area contributed by atoms with Gasteiger partial charge in [-0.1, -0.05) is 123 Å². The Morgan fingerprint density at radius 2 is 1.55 bits per heavy atom. The van der Waals surface area contributed by atoms with Gasteiger partial charge in [0.25, 0.3) is 0 Å². The van der Waals surface area contributed by atoms with Gasteiger partial charge in [-0.3, -0.25) is 15.0 Å². The highest BCUT2D eigenvalue weighted by atomic mass is 32.2. The minimum absolute atomic E-state index is 0.0168. The van der Waals surface area contributed by atoms with Crippen molar-refractivity contribution in [1.29, 1.82) is 0 Å². The van der Waals surface area contributed by atoms with Crippen LogP contribution in [0.2, 0.25) is 0 Å². The van der Waals surface area contributed by atoms with Crippen LogP contribution in [0.4, 0.5) is 3.89 Å². The van der Waals surface area contributed by atoms with Crippen LogP contribution in [-0.2, 0) is 11.0 Å². The van der Waals surface area contributed by atoms with E-state index in [1.165, 1.54) is 16.7 Å². The summed E-state index contributed by atoms with van der Waals surface area (Å²) in [6, 6.07) is 23.5. The topological polar surface area (TPSA) is 37.1 Å². The number of hydrogen-bond donors (Lipinski definition) is 0. The van der Waals surface area contributed by atoms with Crippen molar-refractivity contribution >= 4 is 30.3 Å². The first-order valence-corrected chi connectivity index (χ1v) is 17.4. The molecule has 1 aliphatic heterocycles. The number of benzene rings is 3. The summed E-state index contributed by atoms with van der Waals surface area (Å²) in [5.41, 5.74) is 8.96. The van der Waals surface area contributed by atoms with Gasteiger partial charge in [-0.15, -0.1) is 0 Å². The molecular weight excluding hydrogens is 598 g/mol. The lowest BCUT2D eigenvalue weighted by atomic mass is 9.59. The molecule has 2 atom stereocenters. The molecule has 248 valence electrons. The average Bonchev–Trinajstić information content (AvgIpc) is 3.28. The normalized spacial score (nSPS) is 20.8. The van der Waals surface area contributed by atoms with E-state index in [1.807, 2.05) is 19.2 Å². The van der Waals surface area contributed by atoms with Gasteiger partial charge in [-0.2, -0.15) is 3.89 Å². The van der Waals surface area contributed by atoms with Crippen molar-refractivity contribution in [3.8, 4) is 11.1 Å². The van der Waals surface area contributed by atoms with Crippen molar-refractivity contribution in [2.24, 2.45) is 31.7 Å². The van der Waals surface area contributed by atoms with E-state index in [-0.39, 0.29) is 16.2 Å². The van der Waals surface area contributed by atoms with E-state index in [2.05, 4.69) is 159 Å². The maximum absolute atomic E-state index is 14.3. The van der Waals surface area contributed by atoms with Crippen molar-refractivity contribution in [3.63, 3.8) is 0 Å². The van der Waals surface area contributed by atoms with Gasteiger partial charge in [-0.25, -0.2) is 0 Å². The summed E-state index contributed by atoms with van der Waals surface area (Å²) in [6.45, 7) is 25.3. The molecule has 0 aromatic heterocycles. The van der Waals surface area contributed by atoms with Gasteiger partial charge < -0.3 is 0 Å². The molecule has 2 bridgehead atoms. The fraction of sp³-hybridized carbons (Fsp3) is 0.405. The highest BCUT2D eigenvalue weighted by molar-refractivity contribution is 7.94. The fourth-order valence-electron chi connectivity index (χ4n) is 7.06. The van der Waals surface area contributed by atoms with Crippen LogP contribution >= 0.6 is 12.1 Å².